The first-order chi connectivity index (χ1) is 11.2. The molecular formula is C17H24N6. The van der Waals surface area contributed by atoms with Crippen LogP contribution < -0.4 is 11.1 Å². The molecule has 0 amide bonds. The third kappa shape index (κ3) is 4.09. The average Bonchev–Trinajstić information content (AvgIpc) is 3.00. The molecule has 0 aliphatic heterocycles. The molecule has 23 heavy (non-hydrogen) atoms. The van der Waals surface area contributed by atoms with Gasteiger partial charge in [-0.3, -0.25) is 4.57 Å². The average molecular weight is 312 g/mol. The Morgan fingerprint density at radius 3 is 2.78 bits per heavy atom. The number of nitrogens with two attached hydrogens (primary N) is 1. The summed E-state index contributed by atoms with van der Waals surface area (Å²) in [6.45, 7) is 2.50. The van der Waals surface area contributed by atoms with Gasteiger partial charge in [0.25, 0.3) is 0 Å². The fourth-order valence-corrected chi connectivity index (χ4v) is 2.95. The number of hydrogen-bond donors (Lipinski definition) is 2. The smallest absolute Gasteiger partial charge is 0.189 e. The highest BCUT2D eigenvalue weighted by Gasteiger charge is 2.13. The first-order valence-corrected chi connectivity index (χ1v) is 8.24. The van der Waals surface area contributed by atoms with Crippen molar-refractivity contribution in [2.24, 2.45) is 10.7 Å². The van der Waals surface area contributed by atoms with Gasteiger partial charge in [-0.15, -0.1) is 0 Å². The Bertz CT molecular complexity index is 652. The molecule has 0 saturated heterocycles. The predicted molar refractivity (Wildman–Crippen MR) is 91.4 cm³/mol. The van der Waals surface area contributed by atoms with E-state index in [1.807, 2.05) is 36.0 Å². The van der Waals surface area contributed by atoms with Crippen molar-refractivity contribution in [2.75, 3.05) is 0 Å². The minimum absolute atomic E-state index is 0.484. The minimum atomic E-state index is 0.484. The van der Waals surface area contributed by atoms with E-state index in [-0.39, 0.29) is 0 Å². The molecule has 2 aromatic rings. The Morgan fingerprint density at radius 2 is 2.13 bits per heavy atom. The molecule has 1 saturated carbocycles. The SMILES string of the molecule is Cc1nccn1-c1ccc(CN=C(N)NC2CCCCC2)cn1. The molecule has 1 aliphatic carbocycles. The molecule has 6 heteroatoms. The van der Waals surface area contributed by atoms with E-state index in [9.17, 15) is 0 Å². The molecule has 1 aliphatic rings. The Labute approximate surface area is 136 Å². The number of rotatable bonds is 4. The van der Waals surface area contributed by atoms with Crippen LogP contribution in [0, 0.1) is 6.92 Å². The third-order valence-electron chi connectivity index (χ3n) is 4.27. The van der Waals surface area contributed by atoms with Crippen LogP contribution in [0.5, 0.6) is 0 Å². The number of guanidine groups is 1. The minimum Gasteiger partial charge on any atom is -0.370 e. The zero-order chi connectivity index (χ0) is 16.1. The van der Waals surface area contributed by atoms with Gasteiger partial charge in [0.15, 0.2) is 5.96 Å². The quantitative estimate of drug-likeness (QED) is 0.670. The fraction of sp³-hybridized carbons (Fsp3) is 0.471. The van der Waals surface area contributed by atoms with E-state index in [2.05, 4.69) is 20.3 Å². The summed E-state index contributed by atoms with van der Waals surface area (Å²) in [5.74, 6) is 2.32. The van der Waals surface area contributed by atoms with E-state index in [0.717, 1.165) is 17.2 Å². The predicted octanol–water partition coefficient (Wildman–Crippen LogP) is 2.31. The summed E-state index contributed by atoms with van der Waals surface area (Å²) in [6.07, 6.45) is 11.8. The molecule has 0 aromatic carbocycles. The Hall–Kier alpha value is -2.37. The lowest BCUT2D eigenvalue weighted by molar-refractivity contribution is 0.412. The Balaban J connectivity index is 1.57. The molecule has 1 fully saturated rings. The van der Waals surface area contributed by atoms with Gasteiger partial charge in [0.2, 0.25) is 0 Å². The number of nitrogens with one attached hydrogen (secondary N) is 1. The summed E-state index contributed by atoms with van der Waals surface area (Å²) in [4.78, 5) is 13.1. The molecular weight excluding hydrogens is 288 g/mol. The van der Waals surface area contributed by atoms with Crippen molar-refractivity contribution in [1.82, 2.24) is 19.9 Å². The largest absolute Gasteiger partial charge is 0.370 e. The monoisotopic (exact) mass is 312 g/mol. The van der Waals surface area contributed by atoms with Crippen LogP contribution in [0.25, 0.3) is 5.82 Å². The lowest BCUT2D eigenvalue weighted by Gasteiger charge is -2.23. The van der Waals surface area contributed by atoms with Crippen molar-refractivity contribution in [1.29, 1.82) is 0 Å². The van der Waals surface area contributed by atoms with Crippen LogP contribution in [0.4, 0.5) is 0 Å². The Morgan fingerprint density at radius 1 is 1.30 bits per heavy atom. The van der Waals surface area contributed by atoms with Gasteiger partial charge in [-0.05, 0) is 31.4 Å². The fourth-order valence-electron chi connectivity index (χ4n) is 2.95. The van der Waals surface area contributed by atoms with Crippen LogP contribution in [-0.4, -0.2) is 26.5 Å². The van der Waals surface area contributed by atoms with E-state index >= 15 is 0 Å². The first-order valence-electron chi connectivity index (χ1n) is 8.24. The lowest BCUT2D eigenvalue weighted by atomic mass is 9.96. The first kappa shape index (κ1) is 15.5. The van der Waals surface area contributed by atoms with Crippen LogP contribution in [0.3, 0.4) is 0 Å². The molecule has 6 nitrogen and oxygen atoms in total. The van der Waals surface area contributed by atoms with Crippen LogP contribution in [0.2, 0.25) is 0 Å². The van der Waals surface area contributed by atoms with Gasteiger partial charge in [0.05, 0.1) is 6.54 Å². The van der Waals surface area contributed by atoms with Crippen molar-refractivity contribution >= 4 is 5.96 Å². The van der Waals surface area contributed by atoms with E-state index in [1.165, 1.54) is 32.1 Å². The molecule has 122 valence electrons. The summed E-state index contributed by atoms with van der Waals surface area (Å²) in [6, 6.07) is 4.49. The van der Waals surface area contributed by atoms with E-state index < -0.39 is 0 Å². The Kier molecular flexibility index (Phi) is 4.90. The maximum atomic E-state index is 5.99. The van der Waals surface area contributed by atoms with Gasteiger partial charge < -0.3 is 11.1 Å². The van der Waals surface area contributed by atoms with Crippen molar-refractivity contribution < 1.29 is 0 Å². The summed E-state index contributed by atoms with van der Waals surface area (Å²) < 4.78 is 1.95. The molecule has 0 bridgehead atoms. The molecule has 2 aromatic heterocycles. The van der Waals surface area contributed by atoms with Gasteiger partial charge in [0.1, 0.15) is 11.6 Å². The number of pyridine rings is 1. The van der Waals surface area contributed by atoms with Gasteiger partial charge in [0, 0.05) is 24.6 Å². The third-order valence-corrected chi connectivity index (χ3v) is 4.27. The van der Waals surface area contributed by atoms with Gasteiger partial charge in [-0.1, -0.05) is 25.3 Å². The number of nitrogens with zero attached hydrogens (tertiary/aromatic N) is 4. The van der Waals surface area contributed by atoms with Crippen molar-refractivity contribution in [3.8, 4) is 5.82 Å². The van der Waals surface area contributed by atoms with Gasteiger partial charge in [-0.2, -0.15) is 0 Å². The zero-order valence-electron chi connectivity index (χ0n) is 13.6. The van der Waals surface area contributed by atoms with Crippen LogP contribution in [0.15, 0.2) is 35.7 Å². The summed E-state index contributed by atoms with van der Waals surface area (Å²) in [5, 5.41) is 3.33. The van der Waals surface area contributed by atoms with E-state index in [1.54, 1.807) is 6.20 Å². The molecule has 0 unspecified atom stereocenters. The van der Waals surface area contributed by atoms with Crippen molar-refractivity contribution in [3.05, 3.63) is 42.1 Å². The molecule has 0 radical (unpaired) electrons. The number of aliphatic imine (C=N–C) groups is 1. The summed E-state index contributed by atoms with van der Waals surface area (Å²) in [5.41, 5.74) is 7.03. The highest BCUT2D eigenvalue weighted by atomic mass is 15.1. The van der Waals surface area contributed by atoms with Crippen LogP contribution >= 0.6 is 0 Å². The molecule has 3 rings (SSSR count). The van der Waals surface area contributed by atoms with Crippen LogP contribution in [0.1, 0.15) is 43.5 Å². The number of imidazole rings is 1. The van der Waals surface area contributed by atoms with Crippen molar-refractivity contribution in [3.63, 3.8) is 0 Å². The summed E-state index contributed by atoms with van der Waals surface area (Å²) in [7, 11) is 0. The maximum absolute atomic E-state index is 5.99. The van der Waals surface area contributed by atoms with E-state index in [4.69, 9.17) is 5.73 Å². The topological polar surface area (TPSA) is 81.1 Å². The number of aryl methyl sites for hydroxylation is 1. The van der Waals surface area contributed by atoms with E-state index in [0.29, 0.717) is 18.5 Å². The maximum Gasteiger partial charge on any atom is 0.189 e. The second-order valence-electron chi connectivity index (χ2n) is 6.05. The van der Waals surface area contributed by atoms with Gasteiger partial charge in [-0.25, -0.2) is 15.0 Å². The van der Waals surface area contributed by atoms with Crippen LogP contribution in [-0.2, 0) is 6.54 Å². The molecule has 3 N–H and O–H groups in total. The molecule has 0 atom stereocenters. The second kappa shape index (κ2) is 7.26. The lowest BCUT2D eigenvalue weighted by Crippen LogP contribution is -2.41. The number of hydrogen-bond acceptors (Lipinski definition) is 3. The zero-order valence-corrected chi connectivity index (χ0v) is 13.6. The van der Waals surface area contributed by atoms with Crippen molar-refractivity contribution in [2.45, 2.75) is 51.6 Å². The summed E-state index contributed by atoms with van der Waals surface area (Å²) >= 11 is 0. The second-order valence-corrected chi connectivity index (χ2v) is 6.05. The number of aromatic nitrogens is 3. The molecule has 2 heterocycles. The standard InChI is InChI=1S/C17H24N6/c1-13-19-9-10-23(13)16-8-7-14(11-20-16)12-21-17(18)22-15-5-3-2-4-6-15/h7-11,15H,2-6,12H2,1H3,(H3,18,21,22). The normalized spacial score (nSPS) is 16.5. The highest BCUT2D eigenvalue weighted by Crippen LogP contribution is 2.17. The van der Waals surface area contributed by atoms with Gasteiger partial charge >= 0.3 is 0 Å². The molecule has 0 spiro atoms. The highest BCUT2D eigenvalue weighted by molar-refractivity contribution is 5.78.